The van der Waals surface area contributed by atoms with Gasteiger partial charge >= 0.3 is 6.03 Å². The van der Waals surface area contributed by atoms with E-state index in [1.807, 2.05) is 42.5 Å². The van der Waals surface area contributed by atoms with Gasteiger partial charge in [0.2, 0.25) is 5.91 Å². The number of para-hydroxylation sites is 1. The predicted octanol–water partition coefficient (Wildman–Crippen LogP) is 4.23. The molecule has 4 rings (SSSR count). The van der Waals surface area contributed by atoms with Gasteiger partial charge in [-0.2, -0.15) is 0 Å². The zero-order chi connectivity index (χ0) is 25.3. The Morgan fingerprint density at radius 3 is 2.33 bits per heavy atom. The number of carbonyl (C=O) groups is 2. The number of amides is 3. The second-order valence-electron chi connectivity index (χ2n) is 8.79. The smallest absolute Gasteiger partial charge is 0.319 e. The molecular weight excluding hydrogens is 461 g/mol. The van der Waals surface area contributed by atoms with Gasteiger partial charge in [0.15, 0.2) is 0 Å². The van der Waals surface area contributed by atoms with E-state index in [-0.39, 0.29) is 30.7 Å². The molecule has 0 spiro atoms. The average molecular weight is 492 g/mol. The molecule has 36 heavy (non-hydrogen) atoms. The summed E-state index contributed by atoms with van der Waals surface area (Å²) in [6.07, 6.45) is 0.200. The summed E-state index contributed by atoms with van der Waals surface area (Å²) in [4.78, 5) is 24.8. The molecule has 3 aromatic rings. The molecule has 0 saturated carbocycles. The highest BCUT2D eigenvalue weighted by molar-refractivity contribution is 5.89. The van der Waals surface area contributed by atoms with Gasteiger partial charge in [0.05, 0.1) is 30.9 Å². The van der Waals surface area contributed by atoms with Crippen molar-refractivity contribution in [3.8, 4) is 11.1 Å². The number of hydrogen-bond donors (Lipinski definition) is 4. The number of aliphatic hydroxyl groups is 1. The first-order chi connectivity index (χ1) is 17.5. The molecule has 0 unspecified atom stereocenters. The number of carbonyl (C=O) groups excluding carboxylic acids is 2. The number of aliphatic hydroxyl groups excluding tert-OH is 1. The topological polar surface area (TPSA) is 99.7 Å². The molecule has 1 aliphatic rings. The largest absolute Gasteiger partial charge is 0.394 e. The minimum atomic E-state index is -0.659. The number of ether oxygens (including phenoxy) is 1. The quantitative estimate of drug-likeness (QED) is 0.379. The predicted molar refractivity (Wildman–Crippen MR) is 136 cm³/mol. The van der Waals surface area contributed by atoms with Gasteiger partial charge in [-0.3, -0.25) is 4.79 Å². The second-order valence-corrected chi connectivity index (χ2v) is 8.79. The van der Waals surface area contributed by atoms with Crippen molar-refractivity contribution in [3.05, 3.63) is 90.2 Å². The molecule has 7 nitrogen and oxygen atoms in total. The molecule has 188 valence electrons. The van der Waals surface area contributed by atoms with Gasteiger partial charge in [-0.1, -0.05) is 66.7 Å². The number of hydrogen-bond acceptors (Lipinski definition) is 4. The third-order valence-electron chi connectivity index (χ3n) is 6.20. The average Bonchev–Trinajstić information content (AvgIpc) is 2.90. The summed E-state index contributed by atoms with van der Waals surface area (Å²) in [6, 6.07) is 23.0. The van der Waals surface area contributed by atoms with Crippen LogP contribution in [0.5, 0.6) is 0 Å². The SMILES string of the molecule is O=C(C[C@H]1CC[C@H](NC(=O)Nc2ccccc2F)[C@H](CO)O1)NCc1ccc(-c2ccccc2)cc1. The van der Waals surface area contributed by atoms with Gasteiger partial charge < -0.3 is 25.8 Å². The first-order valence-electron chi connectivity index (χ1n) is 12.0. The van der Waals surface area contributed by atoms with Crippen LogP contribution in [-0.4, -0.2) is 41.9 Å². The molecule has 0 bridgehead atoms. The Morgan fingerprint density at radius 1 is 0.917 bits per heavy atom. The molecule has 3 atom stereocenters. The van der Waals surface area contributed by atoms with E-state index in [9.17, 15) is 19.1 Å². The summed E-state index contributed by atoms with van der Waals surface area (Å²) >= 11 is 0. The zero-order valence-electron chi connectivity index (χ0n) is 19.8. The Bertz CT molecular complexity index is 1160. The van der Waals surface area contributed by atoms with Crippen LogP contribution in [0.4, 0.5) is 14.9 Å². The third kappa shape index (κ3) is 6.90. The molecule has 8 heteroatoms. The van der Waals surface area contributed by atoms with Gasteiger partial charge in [0.1, 0.15) is 11.9 Å². The Morgan fingerprint density at radius 2 is 1.61 bits per heavy atom. The second kappa shape index (κ2) is 12.3. The normalized spacial score (nSPS) is 19.3. The van der Waals surface area contributed by atoms with Gasteiger partial charge in [0.25, 0.3) is 0 Å². The summed E-state index contributed by atoms with van der Waals surface area (Å²) in [5.74, 6) is -0.683. The van der Waals surface area contributed by atoms with E-state index in [1.165, 1.54) is 18.2 Å². The number of anilines is 1. The van der Waals surface area contributed by atoms with Crippen LogP contribution in [0.2, 0.25) is 0 Å². The monoisotopic (exact) mass is 491 g/mol. The van der Waals surface area contributed by atoms with Crippen LogP contribution in [0.3, 0.4) is 0 Å². The summed E-state index contributed by atoms with van der Waals surface area (Å²) in [5, 5.41) is 17.9. The van der Waals surface area contributed by atoms with Crippen LogP contribution in [0.15, 0.2) is 78.9 Å². The first-order valence-corrected chi connectivity index (χ1v) is 12.0. The van der Waals surface area contributed by atoms with E-state index in [0.29, 0.717) is 19.4 Å². The van der Waals surface area contributed by atoms with E-state index < -0.39 is 24.0 Å². The van der Waals surface area contributed by atoms with Crippen LogP contribution in [0.1, 0.15) is 24.8 Å². The Labute approximate surface area is 209 Å². The van der Waals surface area contributed by atoms with Crippen LogP contribution in [-0.2, 0) is 16.1 Å². The number of rotatable bonds is 8. The van der Waals surface area contributed by atoms with E-state index in [1.54, 1.807) is 6.07 Å². The molecule has 1 fully saturated rings. The van der Waals surface area contributed by atoms with E-state index in [2.05, 4.69) is 28.1 Å². The van der Waals surface area contributed by atoms with Crippen LogP contribution in [0.25, 0.3) is 11.1 Å². The molecule has 0 aromatic heterocycles. The van der Waals surface area contributed by atoms with Gasteiger partial charge in [-0.15, -0.1) is 0 Å². The molecule has 1 heterocycles. The van der Waals surface area contributed by atoms with Crippen molar-refractivity contribution >= 4 is 17.6 Å². The fourth-order valence-corrected chi connectivity index (χ4v) is 4.26. The number of urea groups is 1. The van der Waals surface area contributed by atoms with Gasteiger partial charge in [-0.05, 0) is 41.7 Å². The molecule has 4 N–H and O–H groups in total. The molecule has 3 amide bonds. The summed E-state index contributed by atoms with van der Waals surface area (Å²) in [7, 11) is 0. The lowest BCUT2D eigenvalue weighted by atomic mass is 9.97. The maximum Gasteiger partial charge on any atom is 0.319 e. The van der Waals surface area contributed by atoms with Crippen molar-refractivity contribution in [1.29, 1.82) is 0 Å². The van der Waals surface area contributed by atoms with Crippen LogP contribution >= 0.6 is 0 Å². The molecule has 1 aliphatic heterocycles. The molecule has 3 aromatic carbocycles. The van der Waals surface area contributed by atoms with Crippen molar-refractivity contribution < 1.29 is 23.8 Å². The van der Waals surface area contributed by atoms with E-state index >= 15 is 0 Å². The fraction of sp³-hybridized carbons (Fsp3) is 0.286. The maximum atomic E-state index is 13.8. The van der Waals surface area contributed by atoms with Crippen molar-refractivity contribution in [2.45, 2.75) is 44.1 Å². The molecular formula is C28H30FN3O4. The Balaban J connectivity index is 1.22. The highest BCUT2D eigenvalue weighted by Crippen LogP contribution is 2.23. The minimum absolute atomic E-state index is 0.0662. The first kappa shape index (κ1) is 25.3. The van der Waals surface area contributed by atoms with Crippen molar-refractivity contribution in [2.24, 2.45) is 0 Å². The number of nitrogens with one attached hydrogen (secondary N) is 3. The lowest BCUT2D eigenvalue weighted by Gasteiger charge is -2.35. The van der Waals surface area contributed by atoms with Crippen LogP contribution in [0, 0.1) is 5.82 Å². The van der Waals surface area contributed by atoms with Crippen molar-refractivity contribution in [3.63, 3.8) is 0 Å². The molecule has 0 radical (unpaired) electrons. The Hall–Kier alpha value is -3.75. The number of benzene rings is 3. The zero-order valence-corrected chi connectivity index (χ0v) is 19.8. The van der Waals surface area contributed by atoms with Crippen LogP contribution < -0.4 is 16.0 Å². The lowest BCUT2D eigenvalue weighted by Crippen LogP contribution is -2.52. The molecule has 1 saturated heterocycles. The maximum absolute atomic E-state index is 13.8. The minimum Gasteiger partial charge on any atom is -0.394 e. The number of halogens is 1. The third-order valence-corrected chi connectivity index (χ3v) is 6.20. The summed E-state index contributed by atoms with van der Waals surface area (Å²) in [6.45, 7) is 0.0982. The standard InChI is InChI=1S/C28H30FN3O4/c29-23-8-4-5-9-24(23)31-28(35)32-25-15-14-22(36-26(25)18-33)16-27(34)30-17-19-10-12-21(13-11-19)20-6-2-1-3-7-20/h1-13,22,25-26,33H,14-18H2,(H,30,34)(H2,31,32,35)/t22-,25+,26+/m1/s1. The van der Waals surface area contributed by atoms with Gasteiger partial charge in [-0.25, -0.2) is 9.18 Å². The van der Waals surface area contributed by atoms with E-state index in [0.717, 1.165) is 16.7 Å². The lowest BCUT2D eigenvalue weighted by molar-refractivity contribution is -0.130. The summed E-state index contributed by atoms with van der Waals surface area (Å²) in [5.41, 5.74) is 3.31. The highest BCUT2D eigenvalue weighted by Gasteiger charge is 2.33. The highest BCUT2D eigenvalue weighted by atomic mass is 19.1. The van der Waals surface area contributed by atoms with Crippen molar-refractivity contribution in [1.82, 2.24) is 10.6 Å². The van der Waals surface area contributed by atoms with Crippen molar-refractivity contribution in [2.75, 3.05) is 11.9 Å². The van der Waals surface area contributed by atoms with Gasteiger partial charge in [0, 0.05) is 6.54 Å². The van der Waals surface area contributed by atoms with E-state index in [4.69, 9.17) is 4.74 Å². The molecule has 0 aliphatic carbocycles. The fourth-order valence-electron chi connectivity index (χ4n) is 4.26. The summed E-state index contributed by atoms with van der Waals surface area (Å²) < 4.78 is 19.6. The Kier molecular flexibility index (Phi) is 8.65.